The molecule has 0 fully saturated rings. The topological polar surface area (TPSA) is 128 Å². The molecule has 0 aromatic heterocycles. The van der Waals surface area contributed by atoms with Crippen LogP contribution in [0.1, 0.15) is 15.9 Å². The third-order valence-corrected chi connectivity index (χ3v) is 3.51. The van der Waals surface area contributed by atoms with Gasteiger partial charge in [-0.3, -0.25) is 30.6 Å². The molecule has 10 heteroatoms. The number of carbonyl (C=O) groups is 3. The minimum absolute atomic E-state index is 0.0163. The number of nitro groups is 1. The Morgan fingerprint density at radius 2 is 1.82 bits per heavy atom. The van der Waals surface area contributed by atoms with E-state index < -0.39 is 29.3 Å². The molecule has 2 amide bonds. The number of benzene rings is 2. The first-order chi connectivity index (χ1) is 13.3. The molecule has 0 saturated carbocycles. The van der Waals surface area contributed by atoms with Crippen LogP contribution in [0.3, 0.4) is 0 Å². The predicted octanol–water partition coefficient (Wildman–Crippen LogP) is 2.27. The smallest absolute Gasteiger partial charge is 0.331 e. The van der Waals surface area contributed by atoms with Gasteiger partial charge in [-0.25, -0.2) is 4.79 Å². The molecule has 0 aliphatic heterocycles. The van der Waals surface area contributed by atoms with Crippen LogP contribution in [0.4, 0.5) is 5.69 Å². The second-order valence-electron chi connectivity index (χ2n) is 5.30. The number of carbonyl (C=O) groups excluding carboxylic acids is 3. The van der Waals surface area contributed by atoms with Crippen LogP contribution in [0, 0.1) is 10.1 Å². The van der Waals surface area contributed by atoms with E-state index in [1.54, 1.807) is 24.3 Å². The van der Waals surface area contributed by atoms with E-state index >= 15 is 0 Å². The van der Waals surface area contributed by atoms with Gasteiger partial charge >= 0.3 is 5.97 Å². The molecule has 0 saturated heterocycles. The molecule has 0 radical (unpaired) electrons. The Hall–Kier alpha value is -3.72. The molecule has 0 aliphatic rings. The summed E-state index contributed by atoms with van der Waals surface area (Å²) >= 11 is 5.75. The van der Waals surface area contributed by atoms with Gasteiger partial charge in [-0.15, -0.1) is 0 Å². The number of esters is 1. The van der Waals surface area contributed by atoms with Crippen molar-refractivity contribution in [1.82, 2.24) is 10.9 Å². The number of ether oxygens (including phenoxy) is 1. The van der Waals surface area contributed by atoms with Crippen molar-refractivity contribution in [3.8, 4) is 0 Å². The van der Waals surface area contributed by atoms with Crippen molar-refractivity contribution in [3.05, 3.63) is 80.9 Å². The van der Waals surface area contributed by atoms with Crippen molar-refractivity contribution in [2.75, 3.05) is 6.61 Å². The average Bonchev–Trinajstić information content (AvgIpc) is 2.70. The van der Waals surface area contributed by atoms with E-state index in [1.807, 2.05) is 5.43 Å². The Bertz CT molecular complexity index is 927. The van der Waals surface area contributed by atoms with E-state index in [0.29, 0.717) is 5.02 Å². The number of hydrazine groups is 1. The van der Waals surface area contributed by atoms with E-state index in [1.165, 1.54) is 24.3 Å². The molecule has 2 aromatic carbocycles. The molecule has 0 aliphatic carbocycles. The lowest BCUT2D eigenvalue weighted by atomic mass is 10.2. The zero-order valence-corrected chi connectivity index (χ0v) is 15.0. The van der Waals surface area contributed by atoms with Crippen LogP contribution in [0.15, 0.2) is 54.6 Å². The van der Waals surface area contributed by atoms with E-state index in [2.05, 4.69) is 5.43 Å². The van der Waals surface area contributed by atoms with Gasteiger partial charge in [0.25, 0.3) is 17.5 Å². The quantitative estimate of drug-likeness (QED) is 0.329. The van der Waals surface area contributed by atoms with Crippen molar-refractivity contribution >= 4 is 41.1 Å². The number of nitrogens with one attached hydrogen (secondary N) is 2. The van der Waals surface area contributed by atoms with Crippen molar-refractivity contribution in [1.29, 1.82) is 0 Å². The van der Waals surface area contributed by atoms with Gasteiger partial charge in [-0.2, -0.15) is 0 Å². The highest BCUT2D eigenvalue weighted by Crippen LogP contribution is 2.12. The summed E-state index contributed by atoms with van der Waals surface area (Å²) in [5, 5.41) is 11.3. The number of amides is 2. The van der Waals surface area contributed by atoms with Crippen molar-refractivity contribution in [2.24, 2.45) is 0 Å². The second-order valence-corrected chi connectivity index (χ2v) is 5.74. The average molecular weight is 404 g/mol. The summed E-state index contributed by atoms with van der Waals surface area (Å²) in [6.07, 6.45) is 2.62. The summed E-state index contributed by atoms with van der Waals surface area (Å²) in [6.45, 7) is -0.626. The SMILES string of the molecule is O=C(COC(=O)/C=C/c1ccc(Cl)cc1)NNC(=O)c1cccc([N+](=O)[O-])c1. The maximum Gasteiger partial charge on any atom is 0.331 e. The third-order valence-electron chi connectivity index (χ3n) is 3.26. The maximum absolute atomic E-state index is 11.9. The fourth-order valence-electron chi connectivity index (χ4n) is 1.92. The number of halogens is 1. The summed E-state index contributed by atoms with van der Waals surface area (Å²) in [5.74, 6) is -2.30. The van der Waals surface area contributed by atoms with Crippen LogP contribution >= 0.6 is 11.6 Å². The fourth-order valence-corrected chi connectivity index (χ4v) is 2.04. The van der Waals surface area contributed by atoms with Crippen LogP contribution in [0.25, 0.3) is 6.08 Å². The van der Waals surface area contributed by atoms with Gasteiger partial charge in [0.15, 0.2) is 6.61 Å². The minimum atomic E-state index is -0.785. The first-order valence-corrected chi connectivity index (χ1v) is 8.17. The molecule has 2 rings (SSSR count). The Kier molecular flexibility index (Phi) is 7.23. The van der Waals surface area contributed by atoms with Gasteiger partial charge < -0.3 is 4.74 Å². The fraction of sp³-hybridized carbons (Fsp3) is 0.0556. The molecule has 2 aromatic rings. The summed E-state index contributed by atoms with van der Waals surface area (Å²) in [5.41, 5.74) is 4.55. The Balaban J connectivity index is 1.76. The number of hydrogen-bond donors (Lipinski definition) is 2. The molecule has 144 valence electrons. The van der Waals surface area contributed by atoms with Gasteiger partial charge in [-0.05, 0) is 29.8 Å². The Morgan fingerprint density at radius 1 is 1.11 bits per heavy atom. The number of non-ortho nitro benzene ring substituents is 1. The van der Waals surface area contributed by atoms with Crippen LogP contribution < -0.4 is 10.9 Å². The lowest BCUT2D eigenvalue weighted by molar-refractivity contribution is -0.384. The van der Waals surface area contributed by atoms with Gasteiger partial charge in [0.2, 0.25) is 0 Å². The van der Waals surface area contributed by atoms with E-state index in [4.69, 9.17) is 16.3 Å². The molecule has 0 atom stereocenters. The van der Waals surface area contributed by atoms with Gasteiger partial charge in [0, 0.05) is 28.8 Å². The second kappa shape index (κ2) is 9.83. The Labute approximate surface area is 164 Å². The molecule has 2 N–H and O–H groups in total. The summed E-state index contributed by atoms with van der Waals surface area (Å²) < 4.78 is 4.73. The molecule has 28 heavy (non-hydrogen) atoms. The highest BCUT2D eigenvalue weighted by atomic mass is 35.5. The summed E-state index contributed by atoms with van der Waals surface area (Å²) in [7, 11) is 0. The summed E-state index contributed by atoms with van der Waals surface area (Å²) in [6, 6.07) is 11.7. The van der Waals surface area contributed by atoms with E-state index in [9.17, 15) is 24.5 Å². The van der Waals surface area contributed by atoms with Crippen molar-refractivity contribution < 1.29 is 24.0 Å². The number of nitro benzene ring substituents is 1. The lowest BCUT2D eigenvalue weighted by Gasteiger charge is -2.07. The monoisotopic (exact) mass is 403 g/mol. The van der Waals surface area contributed by atoms with Crippen LogP contribution in [0.5, 0.6) is 0 Å². The molecule has 0 unspecified atom stereocenters. The first kappa shape index (κ1) is 20.6. The zero-order chi connectivity index (χ0) is 20.5. The van der Waals surface area contributed by atoms with Crippen LogP contribution in [-0.4, -0.2) is 29.3 Å². The van der Waals surface area contributed by atoms with Gasteiger partial charge in [-0.1, -0.05) is 29.8 Å². The maximum atomic E-state index is 11.9. The molecule has 9 nitrogen and oxygen atoms in total. The highest BCUT2D eigenvalue weighted by molar-refractivity contribution is 6.30. The van der Waals surface area contributed by atoms with E-state index in [0.717, 1.165) is 17.7 Å². The standard InChI is InChI=1S/C18H14ClN3O6/c19-14-7-4-12(5-8-14)6-9-17(24)28-11-16(23)20-21-18(25)13-2-1-3-15(10-13)22(26)27/h1-10H,11H2,(H,20,23)(H,21,25)/b9-6+. The Morgan fingerprint density at radius 3 is 2.50 bits per heavy atom. The number of nitrogens with zero attached hydrogens (tertiary/aromatic N) is 1. The molecule has 0 bridgehead atoms. The lowest BCUT2D eigenvalue weighted by Crippen LogP contribution is -2.43. The molecule has 0 spiro atoms. The van der Waals surface area contributed by atoms with Crippen LogP contribution in [0.2, 0.25) is 5.02 Å². The normalized spacial score (nSPS) is 10.3. The van der Waals surface area contributed by atoms with E-state index in [-0.39, 0.29) is 11.3 Å². The molecule has 0 heterocycles. The van der Waals surface area contributed by atoms with Gasteiger partial charge in [0.1, 0.15) is 0 Å². The zero-order valence-electron chi connectivity index (χ0n) is 14.3. The first-order valence-electron chi connectivity index (χ1n) is 7.79. The molecular formula is C18H14ClN3O6. The van der Waals surface area contributed by atoms with Crippen molar-refractivity contribution in [2.45, 2.75) is 0 Å². The number of rotatable bonds is 6. The van der Waals surface area contributed by atoms with Crippen LogP contribution in [-0.2, 0) is 14.3 Å². The summed E-state index contributed by atoms with van der Waals surface area (Å²) in [4.78, 5) is 45.1. The van der Waals surface area contributed by atoms with Crippen molar-refractivity contribution in [3.63, 3.8) is 0 Å². The predicted molar refractivity (Wildman–Crippen MR) is 100 cm³/mol. The van der Waals surface area contributed by atoms with Gasteiger partial charge in [0.05, 0.1) is 4.92 Å². The number of hydrogen-bond acceptors (Lipinski definition) is 6. The largest absolute Gasteiger partial charge is 0.452 e. The highest BCUT2D eigenvalue weighted by Gasteiger charge is 2.12. The third kappa shape index (κ3) is 6.54. The molecular weight excluding hydrogens is 390 g/mol. The minimum Gasteiger partial charge on any atom is -0.452 e.